The van der Waals surface area contributed by atoms with Crippen LogP contribution in [0.2, 0.25) is 0 Å². The average Bonchev–Trinajstić information content (AvgIpc) is 2.46. The Morgan fingerprint density at radius 3 is 2.95 bits per heavy atom. The van der Waals surface area contributed by atoms with Crippen LogP contribution in [0.3, 0.4) is 0 Å². The predicted octanol–water partition coefficient (Wildman–Crippen LogP) is 0.608. The molecule has 0 saturated carbocycles. The van der Waals surface area contributed by atoms with Crippen LogP contribution >= 0.6 is 0 Å². The highest BCUT2D eigenvalue weighted by molar-refractivity contribution is 5.97. The van der Waals surface area contributed by atoms with E-state index in [4.69, 9.17) is 25.2 Å². The molecule has 0 bridgehead atoms. The van der Waals surface area contributed by atoms with Crippen molar-refractivity contribution in [1.29, 1.82) is 0 Å². The Labute approximate surface area is 112 Å². The normalized spacial score (nSPS) is 11.5. The van der Waals surface area contributed by atoms with Crippen molar-refractivity contribution in [3.63, 3.8) is 0 Å². The fourth-order valence-corrected chi connectivity index (χ4v) is 1.33. The van der Waals surface area contributed by atoms with Gasteiger partial charge in [0.05, 0.1) is 19.8 Å². The topological polar surface area (TPSA) is 99.2 Å². The van der Waals surface area contributed by atoms with Gasteiger partial charge in [-0.25, -0.2) is 4.98 Å². The van der Waals surface area contributed by atoms with Gasteiger partial charge in [-0.15, -0.1) is 0 Å². The van der Waals surface area contributed by atoms with Crippen LogP contribution in [0.1, 0.15) is 12.1 Å². The maximum absolute atomic E-state index is 8.64. The average molecular weight is 269 g/mol. The second kappa shape index (κ2) is 9.12. The largest absolute Gasteiger partial charge is 0.491 e. The van der Waals surface area contributed by atoms with Crippen molar-refractivity contribution in [2.24, 2.45) is 10.9 Å². The summed E-state index contributed by atoms with van der Waals surface area (Å²) in [5, 5.41) is 11.6. The first-order chi connectivity index (χ1) is 9.29. The van der Waals surface area contributed by atoms with Gasteiger partial charge in [-0.2, -0.15) is 0 Å². The lowest BCUT2D eigenvalue weighted by Gasteiger charge is -2.09. The van der Waals surface area contributed by atoms with Crippen molar-refractivity contribution >= 4 is 5.84 Å². The Morgan fingerprint density at radius 1 is 1.37 bits per heavy atom. The van der Waals surface area contributed by atoms with E-state index in [-0.39, 0.29) is 5.84 Å². The number of nitrogens with two attached hydrogens (primary N) is 1. The summed E-state index contributed by atoms with van der Waals surface area (Å²) < 4.78 is 15.7. The standard InChI is InChI=1S/C12H19N3O4/c1-17-8-9-18-6-3-7-19-10-4-2-5-14-11(10)12(13)15-16/h2,4-5,16H,3,6-9H2,1H3,(H2,13,15). The minimum absolute atomic E-state index is 0.0769. The van der Waals surface area contributed by atoms with E-state index in [2.05, 4.69) is 10.1 Å². The second-order valence-corrected chi connectivity index (χ2v) is 3.64. The molecule has 1 heterocycles. The molecule has 19 heavy (non-hydrogen) atoms. The van der Waals surface area contributed by atoms with Gasteiger partial charge in [0.25, 0.3) is 0 Å². The monoisotopic (exact) mass is 269 g/mol. The second-order valence-electron chi connectivity index (χ2n) is 3.64. The van der Waals surface area contributed by atoms with Gasteiger partial charge in [-0.1, -0.05) is 5.16 Å². The highest BCUT2D eigenvalue weighted by Crippen LogP contribution is 2.14. The molecule has 0 unspecified atom stereocenters. The van der Waals surface area contributed by atoms with E-state index in [1.165, 1.54) is 0 Å². The van der Waals surface area contributed by atoms with Crippen LogP contribution in [0.25, 0.3) is 0 Å². The molecule has 0 atom stereocenters. The molecular weight excluding hydrogens is 250 g/mol. The third kappa shape index (κ3) is 5.54. The van der Waals surface area contributed by atoms with Crippen LogP contribution in [-0.4, -0.2) is 49.6 Å². The maximum Gasteiger partial charge on any atom is 0.192 e. The van der Waals surface area contributed by atoms with E-state index in [1.54, 1.807) is 25.4 Å². The lowest BCUT2D eigenvalue weighted by atomic mass is 10.3. The fourth-order valence-electron chi connectivity index (χ4n) is 1.33. The molecule has 7 heteroatoms. The minimum Gasteiger partial charge on any atom is -0.491 e. The van der Waals surface area contributed by atoms with Gasteiger partial charge >= 0.3 is 0 Å². The minimum atomic E-state index is -0.0769. The number of hydrogen-bond acceptors (Lipinski definition) is 6. The highest BCUT2D eigenvalue weighted by Gasteiger charge is 2.08. The van der Waals surface area contributed by atoms with Crippen molar-refractivity contribution in [3.05, 3.63) is 24.0 Å². The first kappa shape index (κ1) is 15.2. The number of rotatable bonds is 9. The first-order valence-electron chi connectivity index (χ1n) is 5.92. The first-order valence-corrected chi connectivity index (χ1v) is 5.92. The summed E-state index contributed by atoms with van der Waals surface area (Å²) in [5.41, 5.74) is 5.82. The molecule has 3 N–H and O–H groups in total. The molecule has 0 aliphatic heterocycles. The number of aromatic nitrogens is 1. The molecule has 0 saturated heterocycles. The zero-order valence-corrected chi connectivity index (χ0v) is 10.9. The summed E-state index contributed by atoms with van der Waals surface area (Å²) in [7, 11) is 1.63. The Kier molecular flexibility index (Phi) is 7.30. The van der Waals surface area contributed by atoms with Gasteiger partial charge in [0.15, 0.2) is 11.5 Å². The van der Waals surface area contributed by atoms with E-state index in [9.17, 15) is 0 Å². The summed E-state index contributed by atoms with van der Waals surface area (Å²) >= 11 is 0. The summed E-state index contributed by atoms with van der Waals surface area (Å²) in [5.74, 6) is 0.404. The Balaban J connectivity index is 2.33. The lowest BCUT2D eigenvalue weighted by Crippen LogP contribution is -2.17. The third-order valence-corrected chi connectivity index (χ3v) is 2.24. The van der Waals surface area contributed by atoms with Crippen LogP contribution in [0.5, 0.6) is 5.75 Å². The molecule has 0 aromatic carbocycles. The van der Waals surface area contributed by atoms with Crippen LogP contribution in [0.4, 0.5) is 0 Å². The zero-order chi connectivity index (χ0) is 13.9. The quantitative estimate of drug-likeness (QED) is 0.224. The van der Waals surface area contributed by atoms with Gasteiger partial charge in [-0.05, 0) is 12.1 Å². The molecule has 1 aromatic rings. The third-order valence-electron chi connectivity index (χ3n) is 2.24. The number of nitrogens with zero attached hydrogens (tertiary/aromatic N) is 2. The molecule has 0 aliphatic rings. The van der Waals surface area contributed by atoms with E-state index in [0.29, 0.717) is 37.9 Å². The molecule has 7 nitrogen and oxygen atoms in total. The fraction of sp³-hybridized carbons (Fsp3) is 0.500. The van der Waals surface area contributed by atoms with Gasteiger partial charge in [0, 0.05) is 26.3 Å². The van der Waals surface area contributed by atoms with Gasteiger partial charge < -0.3 is 25.2 Å². The predicted molar refractivity (Wildman–Crippen MR) is 69.6 cm³/mol. The van der Waals surface area contributed by atoms with Gasteiger partial charge in [0.1, 0.15) is 5.75 Å². The molecule has 106 valence electrons. The lowest BCUT2D eigenvalue weighted by molar-refractivity contribution is 0.0644. The number of hydrogen-bond donors (Lipinski definition) is 2. The van der Waals surface area contributed by atoms with Crippen LogP contribution in [0, 0.1) is 0 Å². The smallest absolute Gasteiger partial charge is 0.192 e. The summed E-state index contributed by atoms with van der Waals surface area (Å²) in [6.07, 6.45) is 2.28. The van der Waals surface area contributed by atoms with E-state index in [1.807, 2.05) is 0 Å². The number of methoxy groups -OCH3 is 1. The van der Waals surface area contributed by atoms with Gasteiger partial charge in [0.2, 0.25) is 0 Å². The summed E-state index contributed by atoms with van der Waals surface area (Å²) in [6, 6.07) is 3.44. The van der Waals surface area contributed by atoms with Crippen LogP contribution < -0.4 is 10.5 Å². The Bertz CT molecular complexity index is 398. The van der Waals surface area contributed by atoms with E-state index < -0.39 is 0 Å². The molecule has 0 amide bonds. The number of oxime groups is 1. The molecule has 0 fully saturated rings. The number of pyridine rings is 1. The number of ether oxygens (including phenoxy) is 3. The van der Waals surface area contributed by atoms with Crippen molar-refractivity contribution < 1.29 is 19.4 Å². The van der Waals surface area contributed by atoms with Crippen molar-refractivity contribution in [3.8, 4) is 5.75 Å². The van der Waals surface area contributed by atoms with Gasteiger partial charge in [-0.3, -0.25) is 0 Å². The van der Waals surface area contributed by atoms with Crippen molar-refractivity contribution in [2.75, 3.05) is 33.5 Å². The SMILES string of the molecule is COCCOCCCOc1cccnc1/C(N)=N/O. The molecule has 0 aliphatic carbocycles. The summed E-state index contributed by atoms with van der Waals surface area (Å²) in [6.45, 7) is 2.20. The molecule has 1 rings (SSSR count). The maximum atomic E-state index is 8.64. The zero-order valence-electron chi connectivity index (χ0n) is 10.9. The van der Waals surface area contributed by atoms with Crippen molar-refractivity contribution in [1.82, 2.24) is 4.98 Å². The molecule has 0 spiro atoms. The molecule has 1 aromatic heterocycles. The molecular formula is C12H19N3O4. The number of amidine groups is 1. The molecule has 0 radical (unpaired) electrons. The van der Waals surface area contributed by atoms with Crippen LogP contribution in [0.15, 0.2) is 23.5 Å². The van der Waals surface area contributed by atoms with Crippen molar-refractivity contribution in [2.45, 2.75) is 6.42 Å². The Hall–Kier alpha value is -1.86. The van der Waals surface area contributed by atoms with E-state index in [0.717, 1.165) is 6.42 Å². The summed E-state index contributed by atoms with van der Waals surface area (Å²) in [4.78, 5) is 4.00. The Morgan fingerprint density at radius 2 is 2.21 bits per heavy atom. The van der Waals surface area contributed by atoms with E-state index >= 15 is 0 Å². The van der Waals surface area contributed by atoms with Crippen LogP contribution in [-0.2, 0) is 9.47 Å². The highest BCUT2D eigenvalue weighted by atomic mass is 16.5.